The number of halogens is 1. The SMILES string of the molecule is COC(=O)Cc1ccc2cc(OP(=O)(Cl)NC(C)C(=O)OC3CCOCC3)ccc2c1. The third kappa shape index (κ3) is 6.94. The minimum Gasteiger partial charge on any atom is -0.469 e. The Morgan fingerprint density at radius 3 is 2.58 bits per heavy atom. The van der Waals surface area contributed by atoms with Crippen molar-refractivity contribution in [1.82, 2.24) is 5.09 Å². The molecule has 1 fully saturated rings. The summed E-state index contributed by atoms with van der Waals surface area (Å²) in [5.41, 5.74) is 0.814. The van der Waals surface area contributed by atoms with Crippen LogP contribution in [-0.4, -0.2) is 44.4 Å². The van der Waals surface area contributed by atoms with E-state index in [9.17, 15) is 14.2 Å². The highest BCUT2D eigenvalue weighted by Crippen LogP contribution is 2.49. The van der Waals surface area contributed by atoms with Crippen molar-refractivity contribution in [1.29, 1.82) is 0 Å². The molecule has 0 radical (unpaired) electrons. The Balaban J connectivity index is 1.61. The molecular formula is C21H25ClNO7P. The zero-order chi connectivity index (χ0) is 22.4. The molecule has 0 aromatic heterocycles. The normalized spacial score (nSPS) is 17.5. The molecule has 0 spiro atoms. The van der Waals surface area contributed by atoms with Gasteiger partial charge in [0.25, 0.3) is 0 Å². The van der Waals surface area contributed by atoms with Crippen LogP contribution in [0.3, 0.4) is 0 Å². The van der Waals surface area contributed by atoms with Crippen molar-refractivity contribution in [3.05, 3.63) is 42.0 Å². The van der Waals surface area contributed by atoms with E-state index < -0.39 is 18.9 Å². The minimum atomic E-state index is -3.85. The maximum absolute atomic E-state index is 12.7. The number of carbonyl (C=O) groups is 2. The molecule has 0 aliphatic carbocycles. The highest BCUT2D eigenvalue weighted by atomic mass is 35.7. The van der Waals surface area contributed by atoms with Crippen LogP contribution in [-0.2, 0) is 34.8 Å². The average molecular weight is 470 g/mol. The van der Waals surface area contributed by atoms with Gasteiger partial charge in [-0.05, 0) is 35.4 Å². The summed E-state index contributed by atoms with van der Waals surface area (Å²) in [6.45, 7) is -1.25. The Morgan fingerprint density at radius 2 is 1.87 bits per heavy atom. The molecule has 1 aliphatic rings. The Hall–Kier alpha value is -2.12. The van der Waals surface area contributed by atoms with E-state index >= 15 is 0 Å². The summed E-state index contributed by atoms with van der Waals surface area (Å²) in [7, 11) is 1.34. The first-order valence-corrected chi connectivity index (χ1v) is 12.4. The van der Waals surface area contributed by atoms with Gasteiger partial charge in [-0.2, -0.15) is 0 Å². The van der Waals surface area contributed by atoms with Gasteiger partial charge in [0.15, 0.2) is 0 Å². The summed E-state index contributed by atoms with van der Waals surface area (Å²) in [4.78, 5) is 23.7. The zero-order valence-corrected chi connectivity index (χ0v) is 19.0. The highest BCUT2D eigenvalue weighted by Gasteiger charge is 2.30. The molecule has 0 bridgehead atoms. The molecule has 168 valence electrons. The van der Waals surface area contributed by atoms with E-state index in [4.69, 9.17) is 25.2 Å². The van der Waals surface area contributed by atoms with Gasteiger partial charge in [-0.3, -0.25) is 9.59 Å². The standard InChI is InChI=1S/C21H25ClNO7P/c1-14(21(25)29-18-7-9-28-10-8-18)23-31(22,26)30-19-6-5-16-11-15(12-20(24)27-2)3-4-17(16)13-19/h3-6,11,13-14,18H,7-10,12H2,1-2H3,(H,23,26). The van der Waals surface area contributed by atoms with Gasteiger partial charge in [-0.25, -0.2) is 9.65 Å². The monoisotopic (exact) mass is 469 g/mol. The molecule has 2 aromatic rings. The Bertz CT molecular complexity index is 993. The van der Waals surface area contributed by atoms with Crippen LogP contribution in [0.4, 0.5) is 0 Å². The number of hydrogen-bond donors (Lipinski definition) is 1. The molecule has 0 amide bonds. The lowest BCUT2D eigenvalue weighted by Crippen LogP contribution is -2.37. The van der Waals surface area contributed by atoms with E-state index in [0.29, 0.717) is 26.1 Å². The van der Waals surface area contributed by atoms with Crippen LogP contribution in [0, 0.1) is 0 Å². The number of esters is 2. The first-order valence-electron chi connectivity index (χ1n) is 9.90. The van der Waals surface area contributed by atoms with Crippen LogP contribution in [0.25, 0.3) is 10.8 Å². The Labute approximate surface area is 185 Å². The predicted octanol–water partition coefficient (Wildman–Crippen LogP) is 3.98. The van der Waals surface area contributed by atoms with E-state index in [1.54, 1.807) is 24.3 Å². The van der Waals surface area contributed by atoms with Gasteiger partial charge < -0.3 is 18.7 Å². The molecule has 8 nitrogen and oxygen atoms in total. The number of carbonyl (C=O) groups excluding carboxylic acids is 2. The van der Waals surface area contributed by atoms with Crippen molar-refractivity contribution in [2.45, 2.75) is 38.3 Å². The third-order valence-electron chi connectivity index (χ3n) is 4.83. The van der Waals surface area contributed by atoms with Crippen molar-refractivity contribution in [3.8, 4) is 5.75 Å². The van der Waals surface area contributed by atoms with Crippen molar-refractivity contribution < 1.29 is 32.9 Å². The molecule has 1 aliphatic heterocycles. The Morgan fingerprint density at radius 1 is 1.19 bits per heavy atom. The van der Waals surface area contributed by atoms with Crippen LogP contribution >= 0.6 is 18.1 Å². The molecule has 1 saturated heterocycles. The van der Waals surface area contributed by atoms with E-state index in [1.165, 1.54) is 14.0 Å². The van der Waals surface area contributed by atoms with Gasteiger partial charge in [0.1, 0.15) is 17.9 Å². The largest absolute Gasteiger partial charge is 0.469 e. The van der Waals surface area contributed by atoms with Crippen molar-refractivity contribution in [2.24, 2.45) is 0 Å². The van der Waals surface area contributed by atoms with Crippen molar-refractivity contribution >= 4 is 40.8 Å². The quantitative estimate of drug-likeness (QED) is 0.457. The second-order valence-electron chi connectivity index (χ2n) is 7.27. The van der Waals surface area contributed by atoms with Gasteiger partial charge in [-0.1, -0.05) is 24.3 Å². The first kappa shape index (κ1) is 23.5. The zero-order valence-electron chi connectivity index (χ0n) is 17.3. The molecule has 0 saturated carbocycles. The van der Waals surface area contributed by atoms with Crippen molar-refractivity contribution in [3.63, 3.8) is 0 Å². The number of nitrogens with one attached hydrogen (secondary N) is 1. The minimum absolute atomic E-state index is 0.174. The molecule has 3 rings (SSSR count). The van der Waals surface area contributed by atoms with Crippen LogP contribution in [0.2, 0.25) is 0 Å². The van der Waals surface area contributed by atoms with Crippen LogP contribution in [0.15, 0.2) is 36.4 Å². The summed E-state index contributed by atoms with van der Waals surface area (Å²) in [6.07, 6.45) is 1.22. The fraction of sp³-hybridized carbons (Fsp3) is 0.429. The first-order chi connectivity index (χ1) is 14.8. The number of methoxy groups -OCH3 is 1. The molecular weight excluding hydrogens is 445 g/mol. The number of fused-ring (bicyclic) bond motifs is 1. The second-order valence-corrected chi connectivity index (χ2v) is 10.0. The topological polar surface area (TPSA) is 100 Å². The summed E-state index contributed by atoms with van der Waals surface area (Å²) in [5, 5.41) is 4.21. The lowest BCUT2D eigenvalue weighted by Gasteiger charge is -2.24. The van der Waals surface area contributed by atoms with E-state index in [1.807, 2.05) is 12.1 Å². The fourth-order valence-electron chi connectivity index (χ4n) is 3.18. The Kier molecular flexibility index (Phi) is 7.94. The smallest absolute Gasteiger partial charge is 0.409 e. The molecule has 10 heteroatoms. The number of ether oxygens (including phenoxy) is 3. The number of benzene rings is 2. The summed E-state index contributed by atoms with van der Waals surface area (Å²) in [5.74, 6) is -0.588. The maximum Gasteiger partial charge on any atom is 0.409 e. The molecule has 1 N–H and O–H groups in total. The maximum atomic E-state index is 12.7. The lowest BCUT2D eigenvalue weighted by atomic mass is 10.0. The van der Waals surface area contributed by atoms with Gasteiger partial charge in [0.05, 0.1) is 26.7 Å². The van der Waals surface area contributed by atoms with Gasteiger partial charge in [0.2, 0.25) is 0 Å². The average Bonchev–Trinajstić information content (AvgIpc) is 2.73. The van der Waals surface area contributed by atoms with E-state index in [-0.39, 0.29) is 24.2 Å². The fourth-order valence-corrected chi connectivity index (χ4v) is 4.87. The number of hydrogen-bond acceptors (Lipinski definition) is 7. The van der Waals surface area contributed by atoms with Gasteiger partial charge >= 0.3 is 18.8 Å². The molecule has 2 unspecified atom stereocenters. The summed E-state index contributed by atoms with van der Waals surface area (Å²) < 4.78 is 33.4. The number of rotatable bonds is 8. The molecule has 31 heavy (non-hydrogen) atoms. The molecule has 2 aromatic carbocycles. The highest BCUT2D eigenvalue weighted by molar-refractivity contribution is 7.84. The second kappa shape index (κ2) is 10.5. The summed E-state index contributed by atoms with van der Waals surface area (Å²) in [6, 6.07) is 9.64. The lowest BCUT2D eigenvalue weighted by molar-refractivity contribution is -0.154. The van der Waals surface area contributed by atoms with E-state index in [0.717, 1.165) is 16.3 Å². The van der Waals surface area contributed by atoms with Crippen molar-refractivity contribution in [2.75, 3.05) is 20.3 Å². The van der Waals surface area contributed by atoms with Gasteiger partial charge in [-0.15, -0.1) is 0 Å². The van der Waals surface area contributed by atoms with Gasteiger partial charge in [0, 0.05) is 24.1 Å². The van der Waals surface area contributed by atoms with Crippen LogP contribution in [0.5, 0.6) is 5.75 Å². The van der Waals surface area contributed by atoms with E-state index in [2.05, 4.69) is 9.82 Å². The predicted molar refractivity (Wildman–Crippen MR) is 116 cm³/mol. The van der Waals surface area contributed by atoms with Crippen LogP contribution < -0.4 is 9.61 Å². The molecule has 2 atom stereocenters. The third-order valence-corrected chi connectivity index (χ3v) is 6.47. The van der Waals surface area contributed by atoms with Crippen LogP contribution in [0.1, 0.15) is 25.3 Å². The summed E-state index contributed by atoms with van der Waals surface area (Å²) >= 11 is 6.05. The molecule has 1 heterocycles.